The Labute approximate surface area is 146 Å². The maximum Gasteiger partial charge on any atom is 0.224 e. The topological polar surface area (TPSA) is 129 Å². The molecule has 0 saturated heterocycles. The van der Waals surface area contributed by atoms with Crippen LogP contribution in [-0.2, 0) is 4.79 Å². The van der Waals surface area contributed by atoms with E-state index in [9.17, 15) is 4.79 Å². The van der Waals surface area contributed by atoms with Crippen LogP contribution in [0, 0.1) is 0 Å². The van der Waals surface area contributed by atoms with Crippen LogP contribution in [-0.4, -0.2) is 18.4 Å². The zero-order chi connectivity index (χ0) is 18.1. The number of guanidine groups is 1. The van der Waals surface area contributed by atoms with Gasteiger partial charge in [-0.05, 0) is 67.9 Å². The van der Waals surface area contributed by atoms with Gasteiger partial charge in [-0.25, -0.2) is 4.99 Å². The van der Waals surface area contributed by atoms with Gasteiger partial charge in [0.25, 0.3) is 0 Å². The van der Waals surface area contributed by atoms with Crippen molar-refractivity contribution in [2.24, 2.45) is 22.2 Å². The van der Waals surface area contributed by atoms with Crippen molar-refractivity contribution in [3.05, 3.63) is 48.5 Å². The predicted octanol–water partition coefficient (Wildman–Crippen LogP) is 2.45. The molecule has 2 aromatic carbocycles. The minimum atomic E-state index is -0.0163. The molecule has 7 N–H and O–H groups in total. The van der Waals surface area contributed by atoms with Crippen LogP contribution in [0.1, 0.15) is 19.3 Å². The number of carbonyl (C=O) groups excluding carboxylic acids is 1. The van der Waals surface area contributed by atoms with Crippen LogP contribution in [0.15, 0.2) is 53.5 Å². The average Bonchev–Trinajstić information content (AvgIpc) is 2.58. The number of nitrogens with two attached hydrogens (primary N) is 3. The third kappa shape index (κ3) is 6.52. The van der Waals surface area contributed by atoms with Crippen LogP contribution in [0.5, 0.6) is 11.5 Å². The zero-order valence-corrected chi connectivity index (χ0v) is 13.9. The Morgan fingerprint density at radius 2 is 1.56 bits per heavy atom. The lowest BCUT2D eigenvalue weighted by molar-refractivity contribution is -0.116. The normalized spacial score (nSPS) is 10.1. The van der Waals surface area contributed by atoms with Crippen LogP contribution in [0.4, 0.5) is 11.4 Å². The Morgan fingerprint density at radius 3 is 2.12 bits per heavy atom. The molecular formula is C18H23N5O2. The van der Waals surface area contributed by atoms with E-state index in [1.54, 1.807) is 48.5 Å². The molecule has 0 spiro atoms. The Balaban J connectivity index is 1.89. The smallest absolute Gasteiger partial charge is 0.224 e. The minimum Gasteiger partial charge on any atom is -0.457 e. The molecule has 0 unspecified atom stereocenters. The maximum absolute atomic E-state index is 11.8. The Kier molecular flexibility index (Phi) is 6.79. The van der Waals surface area contributed by atoms with E-state index in [-0.39, 0.29) is 11.9 Å². The van der Waals surface area contributed by atoms with E-state index in [1.165, 1.54) is 0 Å². The van der Waals surface area contributed by atoms with E-state index in [1.807, 2.05) is 0 Å². The average molecular weight is 341 g/mol. The molecule has 2 aromatic rings. The fourth-order valence-corrected chi connectivity index (χ4v) is 2.13. The number of carbonyl (C=O) groups is 1. The van der Waals surface area contributed by atoms with Gasteiger partial charge >= 0.3 is 0 Å². The quantitative estimate of drug-likeness (QED) is 0.333. The van der Waals surface area contributed by atoms with Crippen LogP contribution in [0.3, 0.4) is 0 Å². The van der Waals surface area contributed by atoms with Crippen molar-refractivity contribution in [2.45, 2.75) is 19.3 Å². The van der Waals surface area contributed by atoms with E-state index in [4.69, 9.17) is 21.9 Å². The molecule has 0 aromatic heterocycles. The summed E-state index contributed by atoms with van der Waals surface area (Å²) in [4.78, 5) is 15.7. The number of anilines is 1. The van der Waals surface area contributed by atoms with Gasteiger partial charge in [-0.15, -0.1) is 0 Å². The summed E-state index contributed by atoms with van der Waals surface area (Å²) in [5.74, 6) is 1.32. The highest BCUT2D eigenvalue weighted by Gasteiger charge is 2.03. The summed E-state index contributed by atoms with van der Waals surface area (Å²) >= 11 is 0. The third-order valence-electron chi connectivity index (χ3n) is 3.33. The molecule has 0 heterocycles. The molecule has 0 atom stereocenters. The molecule has 25 heavy (non-hydrogen) atoms. The minimum absolute atomic E-state index is 0.00864. The molecule has 2 rings (SSSR count). The molecule has 132 valence electrons. The number of ether oxygens (including phenoxy) is 1. The Hall–Kier alpha value is -3.06. The molecule has 0 aliphatic carbocycles. The molecule has 0 aliphatic heterocycles. The Bertz CT molecular complexity index is 707. The first-order valence-electron chi connectivity index (χ1n) is 8.04. The molecule has 0 saturated carbocycles. The number of unbranched alkanes of at least 4 members (excludes halogenated alkanes) is 1. The van der Waals surface area contributed by atoms with Crippen molar-refractivity contribution in [2.75, 3.05) is 11.9 Å². The van der Waals surface area contributed by atoms with E-state index in [2.05, 4.69) is 10.3 Å². The van der Waals surface area contributed by atoms with Gasteiger partial charge < -0.3 is 27.3 Å². The summed E-state index contributed by atoms with van der Waals surface area (Å²) in [5.41, 5.74) is 17.5. The molecule has 0 aliphatic rings. The van der Waals surface area contributed by atoms with Crippen molar-refractivity contribution in [1.82, 2.24) is 0 Å². The lowest BCUT2D eigenvalue weighted by atomic mass is 10.2. The van der Waals surface area contributed by atoms with Crippen molar-refractivity contribution in [3.63, 3.8) is 0 Å². The first kappa shape index (κ1) is 18.3. The zero-order valence-electron chi connectivity index (χ0n) is 13.9. The maximum atomic E-state index is 11.8. The van der Waals surface area contributed by atoms with Gasteiger partial charge in [0.05, 0.1) is 5.69 Å². The van der Waals surface area contributed by atoms with Crippen molar-refractivity contribution < 1.29 is 9.53 Å². The molecule has 0 bridgehead atoms. The van der Waals surface area contributed by atoms with E-state index in [0.717, 1.165) is 18.5 Å². The standard InChI is InChI=1S/C18H23N5O2/c19-12-2-1-3-17(24)22-13-4-8-15(9-5-13)25-16-10-6-14(7-11-16)23-18(20)21/h4-11H,1-3,12,19H2,(H,22,24)(H4,20,21,23). The second-order valence-corrected chi connectivity index (χ2v) is 5.45. The summed E-state index contributed by atoms with van der Waals surface area (Å²) in [7, 11) is 0. The first-order valence-corrected chi connectivity index (χ1v) is 8.04. The van der Waals surface area contributed by atoms with E-state index >= 15 is 0 Å². The summed E-state index contributed by atoms with van der Waals surface area (Å²) in [6, 6.07) is 14.2. The van der Waals surface area contributed by atoms with Gasteiger partial charge in [0.15, 0.2) is 5.96 Å². The van der Waals surface area contributed by atoms with Gasteiger partial charge in [-0.2, -0.15) is 0 Å². The number of aliphatic imine (C=N–C) groups is 1. The predicted molar refractivity (Wildman–Crippen MR) is 100.0 cm³/mol. The number of benzene rings is 2. The second-order valence-electron chi connectivity index (χ2n) is 5.45. The lowest BCUT2D eigenvalue weighted by Gasteiger charge is -2.08. The SMILES string of the molecule is NCCCCC(=O)Nc1ccc(Oc2ccc(N=C(N)N)cc2)cc1. The molecule has 7 nitrogen and oxygen atoms in total. The van der Waals surface area contributed by atoms with Gasteiger partial charge in [0, 0.05) is 12.1 Å². The summed E-state index contributed by atoms with van der Waals surface area (Å²) in [6.07, 6.45) is 2.11. The van der Waals surface area contributed by atoms with E-state index in [0.29, 0.717) is 30.2 Å². The number of nitrogens with zero attached hydrogens (tertiary/aromatic N) is 1. The highest BCUT2D eigenvalue weighted by Crippen LogP contribution is 2.25. The molecular weight excluding hydrogens is 318 g/mol. The third-order valence-corrected chi connectivity index (χ3v) is 3.33. The molecule has 1 amide bonds. The molecule has 0 radical (unpaired) electrons. The van der Waals surface area contributed by atoms with Crippen molar-refractivity contribution in [1.29, 1.82) is 0 Å². The number of rotatable bonds is 8. The van der Waals surface area contributed by atoms with Crippen molar-refractivity contribution in [3.8, 4) is 11.5 Å². The largest absolute Gasteiger partial charge is 0.457 e. The highest BCUT2D eigenvalue weighted by atomic mass is 16.5. The number of hydrogen-bond donors (Lipinski definition) is 4. The van der Waals surface area contributed by atoms with Crippen LogP contribution < -0.4 is 27.3 Å². The monoisotopic (exact) mass is 341 g/mol. The fraction of sp³-hybridized carbons (Fsp3) is 0.222. The van der Waals surface area contributed by atoms with Gasteiger partial charge in [0.2, 0.25) is 5.91 Å². The van der Waals surface area contributed by atoms with Gasteiger partial charge in [-0.1, -0.05) is 0 Å². The first-order chi connectivity index (χ1) is 12.1. The highest BCUT2D eigenvalue weighted by molar-refractivity contribution is 5.90. The summed E-state index contributed by atoms with van der Waals surface area (Å²) < 4.78 is 5.74. The summed E-state index contributed by atoms with van der Waals surface area (Å²) in [5, 5.41) is 2.84. The van der Waals surface area contributed by atoms with Crippen LogP contribution in [0.25, 0.3) is 0 Å². The van der Waals surface area contributed by atoms with Gasteiger partial charge in [-0.3, -0.25) is 4.79 Å². The number of hydrogen-bond acceptors (Lipinski definition) is 4. The number of nitrogens with one attached hydrogen (secondary N) is 1. The summed E-state index contributed by atoms with van der Waals surface area (Å²) in [6.45, 7) is 0.603. The van der Waals surface area contributed by atoms with Crippen LogP contribution >= 0.6 is 0 Å². The van der Waals surface area contributed by atoms with E-state index < -0.39 is 0 Å². The molecule has 7 heteroatoms. The van der Waals surface area contributed by atoms with Crippen LogP contribution in [0.2, 0.25) is 0 Å². The number of amides is 1. The second kappa shape index (κ2) is 9.29. The van der Waals surface area contributed by atoms with Gasteiger partial charge in [0.1, 0.15) is 11.5 Å². The fourth-order valence-electron chi connectivity index (χ4n) is 2.13. The lowest BCUT2D eigenvalue weighted by Crippen LogP contribution is -2.21. The Morgan fingerprint density at radius 1 is 0.960 bits per heavy atom. The molecule has 0 fully saturated rings. The van der Waals surface area contributed by atoms with Crippen molar-refractivity contribution >= 4 is 23.2 Å².